The topological polar surface area (TPSA) is 20.2 Å². The molecule has 0 amide bonds. The monoisotopic (exact) mass is 137 g/mol. The van der Waals surface area contributed by atoms with Crippen LogP contribution in [0.1, 0.15) is 5.56 Å². The van der Waals surface area contributed by atoms with Gasteiger partial charge in [0, 0.05) is 0 Å². The zero-order valence-electron chi connectivity index (χ0n) is 5.33. The first-order valence-electron chi connectivity index (χ1n) is 2.87. The average molecular weight is 137 g/mol. The summed E-state index contributed by atoms with van der Waals surface area (Å²) in [5, 5.41) is 1.09. The molecular weight excluding hydrogens is 128 g/mol. The molecule has 0 aliphatic rings. The molecule has 0 bridgehead atoms. The molecule has 1 N–H and O–H groups in total. The molecule has 0 unspecified atom stereocenters. The Balaban J connectivity index is 3.01. The van der Waals surface area contributed by atoms with E-state index in [1.807, 2.05) is 31.2 Å². The zero-order chi connectivity index (χ0) is 6.69. The maximum absolute atomic E-state index is 8.80. The summed E-state index contributed by atoms with van der Waals surface area (Å²) in [6.07, 6.45) is 0. The van der Waals surface area contributed by atoms with Crippen LogP contribution in [0, 0.1) is 6.92 Å². The highest BCUT2D eigenvalue weighted by atomic mass is 28.2. The van der Waals surface area contributed by atoms with Gasteiger partial charge in [0.2, 0.25) is 9.76 Å². The quantitative estimate of drug-likeness (QED) is 0.539. The van der Waals surface area contributed by atoms with Crippen molar-refractivity contribution in [3.05, 3.63) is 29.8 Å². The largest absolute Gasteiger partial charge is 0.430 e. The van der Waals surface area contributed by atoms with Crippen molar-refractivity contribution in [2.45, 2.75) is 6.92 Å². The Bertz CT molecular complexity index is 198. The minimum Gasteiger partial charge on any atom is -0.430 e. The standard InChI is InChI=1S/C7H9OSi/c1-6-4-2-3-5-7(6)9-8/h2-5,8-9H,1H3. The van der Waals surface area contributed by atoms with Gasteiger partial charge in [-0.1, -0.05) is 24.3 Å². The lowest BCUT2D eigenvalue weighted by molar-refractivity contribution is 0.615. The molecular formula is C7H9OSi. The van der Waals surface area contributed by atoms with Gasteiger partial charge in [-0.3, -0.25) is 0 Å². The lowest BCUT2D eigenvalue weighted by Gasteiger charge is -1.96. The van der Waals surface area contributed by atoms with Crippen molar-refractivity contribution < 1.29 is 4.80 Å². The van der Waals surface area contributed by atoms with Crippen LogP contribution in [0.4, 0.5) is 0 Å². The van der Waals surface area contributed by atoms with E-state index in [4.69, 9.17) is 4.80 Å². The van der Waals surface area contributed by atoms with E-state index in [0.717, 1.165) is 5.19 Å². The SMILES string of the molecule is Cc1ccccc1[SiH]O. The van der Waals surface area contributed by atoms with Gasteiger partial charge in [-0.25, -0.2) is 0 Å². The normalized spacial score (nSPS) is 9.56. The third-order valence-corrected chi connectivity index (χ3v) is 2.25. The Kier molecular flexibility index (Phi) is 2.03. The summed E-state index contributed by atoms with van der Waals surface area (Å²) in [5.74, 6) is 0. The van der Waals surface area contributed by atoms with Crippen LogP contribution >= 0.6 is 0 Å². The second-order valence-electron chi connectivity index (χ2n) is 1.99. The van der Waals surface area contributed by atoms with E-state index in [1.165, 1.54) is 5.56 Å². The fourth-order valence-electron chi connectivity index (χ4n) is 0.732. The summed E-state index contributed by atoms with van der Waals surface area (Å²) >= 11 is 0. The van der Waals surface area contributed by atoms with E-state index >= 15 is 0 Å². The Morgan fingerprint density at radius 2 is 2.00 bits per heavy atom. The minimum atomic E-state index is -0.504. The van der Waals surface area contributed by atoms with Crippen LogP contribution in [0.3, 0.4) is 0 Å². The van der Waals surface area contributed by atoms with Gasteiger partial charge in [-0.15, -0.1) is 0 Å². The van der Waals surface area contributed by atoms with Gasteiger partial charge >= 0.3 is 0 Å². The van der Waals surface area contributed by atoms with Crippen molar-refractivity contribution in [2.75, 3.05) is 0 Å². The second kappa shape index (κ2) is 2.80. The third-order valence-electron chi connectivity index (χ3n) is 1.33. The summed E-state index contributed by atoms with van der Waals surface area (Å²) in [6, 6.07) is 7.91. The maximum atomic E-state index is 8.80. The summed E-state index contributed by atoms with van der Waals surface area (Å²) in [7, 11) is -0.504. The van der Waals surface area contributed by atoms with Crippen molar-refractivity contribution >= 4 is 14.9 Å². The van der Waals surface area contributed by atoms with Gasteiger partial charge in [0.05, 0.1) is 0 Å². The molecule has 1 radical (unpaired) electrons. The van der Waals surface area contributed by atoms with Crippen LogP contribution in [0.25, 0.3) is 0 Å². The Morgan fingerprint density at radius 1 is 1.33 bits per heavy atom. The van der Waals surface area contributed by atoms with Gasteiger partial charge in [0.1, 0.15) is 0 Å². The van der Waals surface area contributed by atoms with E-state index in [0.29, 0.717) is 0 Å². The van der Waals surface area contributed by atoms with Crippen molar-refractivity contribution in [1.29, 1.82) is 0 Å². The fraction of sp³-hybridized carbons (Fsp3) is 0.143. The summed E-state index contributed by atoms with van der Waals surface area (Å²) in [6.45, 7) is 2.01. The number of rotatable bonds is 1. The molecule has 47 valence electrons. The number of aryl methyl sites for hydroxylation is 1. The first kappa shape index (κ1) is 6.52. The fourth-order valence-corrected chi connectivity index (χ4v) is 1.23. The molecule has 0 saturated carbocycles. The molecule has 1 aromatic carbocycles. The molecule has 0 spiro atoms. The lowest BCUT2D eigenvalue weighted by atomic mass is 10.2. The van der Waals surface area contributed by atoms with Crippen LogP contribution in [-0.2, 0) is 0 Å². The number of hydrogen-bond donors (Lipinski definition) is 1. The molecule has 9 heavy (non-hydrogen) atoms. The highest BCUT2D eigenvalue weighted by Gasteiger charge is 1.92. The van der Waals surface area contributed by atoms with Crippen LogP contribution in [0.2, 0.25) is 0 Å². The molecule has 0 aliphatic heterocycles. The molecule has 0 fully saturated rings. The molecule has 0 aliphatic carbocycles. The lowest BCUT2D eigenvalue weighted by Crippen LogP contribution is -2.15. The molecule has 1 aromatic rings. The van der Waals surface area contributed by atoms with Crippen molar-refractivity contribution in [1.82, 2.24) is 0 Å². The minimum absolute atomic E-state index is 0.504. The van der Waals surface area contributed by atoms with Gasteiger partial charge in [0.25, 0.3) is 0 Å². The van der Waals surface area contributed by atoms with E-state index in [9.17, 15) is 0 Å². The summed E-state index contributed by atoms with van der Waals surface area (Å²) < 4.78 is 0. The number of benzene rings is 1. The second-order valence-corrected chi connectivity index (χ2v) is 2.87. The van der Waals surface area contributed by atoms with Gasteiger partial charge in [0.15, 0.2) is 0 Å². The highest BCUT2D eigenvalue weighted by Crippen LogP contribution is 1.90. The first-order valence-corrected chi connectivity index (χ1v) is 3.97. The first-order chi connectivity index (χ1) is 4.34. The van der Waals surface area contributed by atoms with Crippen molar-refractivity contribution in [3.8, 4) is 0 Å². The Labute approximate surface area is 57.3 Å². The molecule has 0 saturated heterocycles. The van der Waals surface area contributed by atoms with Crippen LogP contribution in [-0.4, -0.2) is 14.6 Å². The van der Waals surface area contributed by atoms with Crippen molar-refractivity contribution in [3.63, 3.8) is 0 Å². The predicted molar refractivity (Wildman–Crippen MR) is 40.2 cm³/mol. The molecule has 0 atom stereocenters. The summed E-state index contributed by atoms with van der Waals surface area (Å²) in [5.41, 5.74) is 1.19. The maximum Gasteiger partial charge on any atom is 0.223 e. The predicted octanol–water partition coefficient (Wildman–Crippen LogP) is -0.0359. The molecule has 1 nitrogen and oxygen atoms in total. The molecule has 1 rings (SSSR count). The molecule has 0 heterocycles. The molecule has 2 heteroatoms. The average Bonchev–Trinajstić information content (AvgIpc) is 1.89. The smallest absolute Gasteiger partial charge is 0.223 e. The van der Waals surface area contributed by atoms with E-state index < -0.39 is 9.76 Å². The van der Waals surface area contributed by atoms with Gasteiger partial charge < -0.3 is 4.80 Å². The van der Waals surface area contributed by atoms with Crippen molar-refractivity contribution in [2.24, 2.45) is 0 Å². The van der Waals surface area contributed by atoms with E-state index in [1.54, 1.807) is 0 Å². The van der Waals surface area contributed by atoms with Crippen LogP contribution in [0.5, 0.6) is 0 Å². The van der Waals surface area contributed by atoms with Crippen LogP contribution in [0.15, 0.2) is 24.3 Å². The van der Waals surface area contributed by atoms with Crippen LogP contribution < -0.4 is 5.19 Å². The van der Waals surface area contributed by atoms with Gasteiger partial charge in [-0.05, 0) is 17.7 Å². The van der Waals surface area contributed by atoms with E-state index in [2.05, 4.69) is 0 Å². The van der Waals surface area contributed by atoms with Gasteiger partial charge in [-0.2, -0.15) is 0 Å². The zero-order valence-corrected chi connectivity index (χ0v) is 6.49. The van der Waals surface area contributed by atoms with E-state index in [-0.39, 0.29) is 0 Å². The highest BCUT2D eigenvalue weighted by molar-refractivity contribution is 6.46. The Hall–Kier alpha value is -0.603. The summed E-state index contributed by atoms with van der Waals surface area (Å²) in [4.78, 5) is 8.80. The molecule has 0 aromatic heterocycles. The third kappa shape index (κ3) is 1.40. The number of hydrogen-bond acceptors (Lipinski definition) is 1. The Morgan fingerprint density at radius 3 is 2.44 bits per heavy atom.